The molecule has 2 fully saturated rings. The van der Waals surface area contributed by atoms with Crippen molar-refractivity contribution in [3.05, 3.63) is 82.9 Å². The highest BCUT2D eigenvalue weighted by atomic mass is 32.1. The molecule has 1 saturated heterocycles. The van der Waals surface area contributed by atoms with Crippen molar-refractivity contribution in [1.29, 1.82) is 5.26 Å². The number of ether oxygens (including phenoxy) is 1. The fraction of sp³-hybridized carbons (Fsp3) is 0.219. The normalized spacial score (nSPS) is 16.4. The second-order valence-corrected chi connectivity index (χ2v) is 11.9. The first-order chi connectivity index (χ1) is 20.9. The number of hydrogen-bond donors (Lipinski definition) is 2. The highest BCUT2D eigenvalue weighted by Gasteiger charge is 2.37. The van der Waals surface area contributed by atoms with Crippen molar-refractivity contribution in [3.8, 4) is 17.6 Å². The highest BCUT2D eigenvalue weighted by molar-refractivity contribution is 7.21. The number of carbonyl (C=O) groups is 3. The van der Waals surface area contributed by atoms with E-state index in [1.165, 1.54) is 11.3 Å². The molecule has 214 valence electrons. The molecule has 0 bridgehead atoms. The van der Waals surface area contributed by atoms with Crippen LogP contribution in [0.15, 0.2) is 72.4 Å². The average molecular weight is 591 g/mol. The van der Waals surface area contributed by atoms with Gasteiger partial charge in [0, 0.05) is 19.3 Å². The van der Waals surface area contributed by atoms with Crippen LogP contribution in [0.5, 0.6) is 11.5 Å². The first-order valence-corrected chi connectivity index (χ1v) is 14.8. The lowest BCUT2D eigenvalue weighted by Crippen LogP contribution is -2.61. The number of benzene rings is 2. The van der Waals surface area contributed by atoms with Crippen molar-refractivity contribution < 1.29 is 19.1 Å². The van der Waals surface area contributed by atoms with Gasteiger partial charge in [-0.3, -0.25) is 14.5 Å². The smallest absolute Gasteiger partial charge is 0.331 e. The van der Waals surface area contributed by atoms with E-state index in [0.29, 0.717) is 62.7 Å². The van der Waals surface area contributed by atoms with Gasteiger partial charge in [0.1, 0.15) is 32.8 Å². The summed E-state index contributed by atoms with van der Waals surface area (Å²) in [7, 11) is 0. The van der Waals surface area contributed by atoms with E-state index in [1.54, 1.807) is 28.1 Å². The van der Waals surface area contributed by atoms with Crippen molar-refractivity contribution in [2.75, 3.05) is 23.3 Å². The Hall–Kier alpha value is -5.21. The lowest BCUT2D eigenvalue weighted by atomic mass is 10.1. The van der Waals surface area contributed by atoms with Crippen molar-refractivity contribution >= 4 is 56.5 Å². The minimum atomic E-state index is -0.390. The predicted octanol–water partition coefficient (Wildman–Crippen LogP) is 5.88. The summed E-state index contributed by atoms with van der Waals surface area (Å²) >= 11 is 1.21. The number of rotatable bonds is 7. The Labute approximate surface area is 251 Å². The molecule has 11 heteroatoms. The quantitative estimate of drug-likeness (QED) is 0.204. The third-order valence-corrected chi connectivity index (χ3v) is 8.82. The Kier molecular flexibility index (Phi) is 6.55. The van der Waals surface area contributed by atoms with Gasteiger partial charge in [-0.2, -0.15) is 5.26 Å². The summed E-state index contributed by atoms with van der Waals surface area (Å²) in [6.45, 7) is 2.55. The Morgan fingerprint density at radius 1 is 1.12 bits per heavy atom. The summed E-state index contributed by atoms with van der Waals surface area (Å²) < 4.78 is 5.96. The lowest BCUT2D eigenvalue weighted by Gasteiger charge is -2.39. The monoisotopic (exact) mass is 590 g/mol. The topological polar surface area (TPSA) is 128 Å². The number of amides is 4. The van der Waals surface area contributed by atoms with Gasteiger partial charge < -0.3 is 20.3 Å². The van der Waals surface area contributed by atoms with Gasteiger partial charge in [0.25, 0.3) is 11.8 Å². The maximum Gasteiger partial charge on any atom is 0.331 e. The SMILES string of the molecule is Cc1cc(Oc2ccccc2)ccc1N1C(=O)Nc2c(C(=O)NC3CN(C(=O)/C(C#N)=C/C4CC4)C3)sc3nccc1c23. The summed E-state index contributed by atoms with van der Waals surface area (Å²) in [6.07, 6.45) is 5.40. The number of nitrogens with zero attached hydrogens (tertiary/aromatic N) is 4. The number of thiophene rings is 1. The molecule has 1 aliphatic carbocycles. The average Bonchev–Trinajstić information content (AvgIpc) is 3.73. The van der Waals surface area contributed by atoms with Gasteiger partial charge >= 0.3 is 6.03 Å². The molecule has 4 aromatic rings. The summed E-state index contributed by atoms with van der Waals surface area (Å²) in [6, 6.07) is 18.1. The fourth-order valence-electron chi connectivity index (χ4n) is 5.36. The van der Waals surface area contributed by atoms with Gasteiger partial charge in [0.05, 0.1) is 28.5 Å². The van der Waals surface area contributed by atoms with Crippen LogP contribution in [-0.2, 0) is 4.79 Å². The molecule has 0 atom stereocenters. The van der Waals surface area contributed by atoms with Crippen LogP contribution in [0.1, 0.15) is 28.1 Å². The molecule has 1 saturated carbocycles. The maximum absolute atomic E-state index is 13.5. The highest BCUT2D eigenvalue weighted by Crippen LogP contribution is 2.46. The van der Waals surface area contributed by atoms with Gasteiger partial charge in [-0.15, -0.1) is 11.3 Å². The lowest BCUT2D eigenvalue weighted by molar-refractivity contribution is -0.131. The second-order valence-electron chi connectivity index (χ2n) is 10.9. The Morgan fingerprint density at radius 2 is 1.91 bits per heavy atom. The third-order valence-electron chi connectivity index (χ3n) is 7.72. The number of carbonyl (C=O) groups excluding carboxylic acids is 3. The Balaban J connectivity index is 1.10. The molecule has 2 aromatic carbocycles. The number of pyridine rings is 1. The number of hydrogen-bond acceptors (Lipinski definition) is 7. The molecule has 10 nitrogen and oxygen atoms in total. The van der Waals surface area contributed by atoms with E-state index < -0.39 is 0 Å². The zero-order chi connectivity index (χ0) is 29.7. The largest absolute Gasteiger partial charge is 0.457 e. The fourth-order valence-corrected chi connectivity index (χ4v) is 6.38. The molecule has 0 spiro atoms. The molecule has 4 heterocycles. The molecule has 3 aliphatic rings. The van der Waals surface area contributed by atoms with Gasteiger partial charge in [-0.05, 0) is 67.6 Å². The minimum Gasteiger partial charge on any atom is -0.457 e. The Bertz CT molecular complexity index is 1870. The first kappa shape index (κ1) is 26.7. The molecular weight excluding hydrogens is 564 g/mol. The second kappa shape index (κ2) is 10.6. The number of allylic oxidation sites excluding steroid dienone is 1. The predicted molar refractivity (Wildman–Crippen MR) is 163 cm³/mol. The van der Waals surface area contributed by atoms with E-state index >= 15 is 0 Å². The number of anilines is 3. The van der Waals surface area contributed by atoms with E-state index in [4.69, 9.17) is 4.74 Å². The zero-order valence-corrected chi connectivity index (χ0v) is 24.0. The zero-order valence-electron chi connectivity index (χ0n) is 23.2. The molecule has 4 amide bonds. The first-order valence-electron chi connectivity index (χ1n) is 14.0. The van der Waals surface area contributed by atoms with Gasteiger partial charge in [-0.1, -0.05) is 24.3 Å². The summed E-state index contributed by atoms with van der Waals surface area (Å²) in [5, 5.41) is 16.0. The molecule has 7 rings (SSSR count). The molecule has 0 radical (unpaired) electrons. The van der Waals surface area contributed by atoms with Crippen LogP contribution in [0.2, 0.25) is 0 Å². The number of nitrogens with one attached hydrogen (secondary N) is 2. The van der Waals surface area contributed by atoms with E-state index in [-0.39, 0.29) is 29.5 Å². The van der Waals surface area contributed by atoms with Crippen LogP contribution in [0.3, 0.4) is 0 Å². The van der Waals surface area contributed by atoms with Crippen molar-refractivity contribution in [3.63, 3.8) is 0 Å². The Morgan fingerprint density at radius 3 is 2.63 bits per heavy atom. The summed E-state index contributed by atoms with van der Waals surface area (Å²) in [5.74, 6) is 1.05. The number of aromatic nitrogens is 1. The van der Waals surface area contributed by atoms with Crippen molar-refractivity contribution in [2.24, 2.45) is 5.92 Å². The van der Waals surface area contributed by atoms with Crippen LogP contribution in [0, 0.1) is 24.2 Å². The van der Waals surface area contributed by atoms with E-state index in [9.17, 15) is 19.6 Å². The molecule has 43 heavy (non-hydrogen) atoms. The number of likely N-dealkylation sites (tertiary alicyclic amines) is 1. The molecule has 2 aromatic heterocycles. The molecule has 0 unspecified atom stereocenters. The van der Waals surface area contributed by atoms with Gasteiger partial charge in [-0.25, -0.2) is 9.78 Å². The summed E-state index contributed by atoms with van der Waals surface area (Å²) in [5.41, 5.74) is 2.74. The van der Waals surface area contributed by atoms with Crippen LogP contribution < -0.4 is 20.3 Å². The number of aryl methyl sites for hydroxylation is 1. The van der Waals surface area contributed by atoms with E-state index in [2.05, 4.69) is 15.6 Å². The van der Waals surface area contributed by atoms with Crippen molar-refractivity contribution in [1.82, 2.24) is 15.2 Å². The molecule has 2 aliphatic heterocycles. The van der Waals surface area contributed by atoms with Crippen LogP contribution in [0.25, 0.3) is 10.2 Å². The maximum atomic E-state index is 13.5. The molecule has 2 N–H and O–H groups in total. The standard InChI is InChI=1S/C32H26N6O4S/c1-18-13-23(42-22-5-3-2-4-6-22)9-10-24(18)38-25-11-12-34-30-26(25)27(36-32(38)41)28(43-30)29(39)35-21-16-37(17-21)31(40)20(15-33)14-19-7-8-19/h2-6,9-14,19,21H,7-8,16-17H2,1H3,(H,35,39)(H,36,41)/b20-14+. The van der Waals surface area contributed by atoms with Crippen LogP contribution in [0.4, 0.5) is 21.9 Å². The van der Waals surface area contributed by atoms with Crippen molar-refractivity contribution in [2.45, 2.75) is 25.8 Å². The van der Waals surface area contributed by atoms with E-state index in [0.717, 1.165) is 18.4 Å². The van der Waals surface area contributed by atoms with Gasteiger partial charge in [0.15, 0.2) is 0 Å². The summed E-state index contributed by atoms with van der Waals surface area (Å²) in [4.78, 5) is 48.2. The van der Waals surface area contributed by atoms with Crippen LogP contribution in [-0.4, -0.2) is 46.9 Å². The number of para-hydroxylation sites is 1. The third kappa shape index (κ3) is 4.96. The molecular formula is C32H26N6O4S. The number of urea groups is 1. The van der Waals surface area contributed by atoms with Gasteiger partial charge in [0.2, 0.25) is 0 Å². The van der Waals surface area contributed by atoms with E-state index in [1.807, 2.05) is 61.5 Å². The number of nitriles is 1. The minimum absolute atomic E-state index is 0.167. The van der Waals surface area contributed by atoms with Crippen LogP contribution >= 0.6 is 11.3 Å².